The zero-order valence-corrected chi connectivity index (χ0v) is 26.2. The predicted octanol–water partition coefficient (Wildman–Crippen LogP) is 6.53. The van der Waals surface area contributed by atoms with Crippen molar-refractivity contribution in [3.8, 4) is 0 Å². The minimum Gasteiger partial charge on any atom is -0.354 e. The quantitative estimate of drug-likeness (QED) is 0.221. The van der Waals surface area contributed by atoms with Gasteiger partial charge in [0.25, 0.3) is 10.0 Å². The molecule has 0 radical (unpaired) electrons. The van der Waals surface area contributed by atoms with Crippen LogP contribution >= 0.6 is 23.2 Å². The first kappa shape index (κ1) is 32.4. The van der Waals surface area contributed by atoms with Crippen LogP contribution in [-0.4, -0.2) is 44.3 Å². The highest BCUT2D eigenvalue weighted by atomic mass is 35.5. The molecule has 1 atom stereocenters. The van der Waals surface area contributed by atoms with E-state index in [1.807, 2.05) is 52.0 Å². The first-order valence-electron chi connectivity index (χ1n) is 13.7. The van der Waals surface area contributed by atoms with Crippen LogP contribution in [0.15, 0.2) is 71.6 Å². The van der Waals surface area contributed by atoms with E-state index in [2.05, 4.69) is 5.32 Å². The maximum atomic E-state index is 14.1. The van der Waals surface area contributed by atoms with Crippen molar-refractivity contribution in [3.05, 3.63) is 93.5 Å². The van der Waals surface area contributed by atoms with Crippen molar-refractivity contribution >= 4 is 50.7 Å². The number of aryl methyl sites for hydroxylation is 2. The number of amides is 2. The summed E-state index contributed by atoms with van der Waals surface area (Å²) in [5.74, 6) is -0.829. The normalized spacial score (nSPS) is 12.0. The van der Waals surface area contributed by atoms with Gasteiger partial charge in [-0.25, -0.2) is 8.42 Å². The molecule has 2 amide bonds. The summed E-state index contributed by atoms with van der Waals surface area (Å²) < 4.78 is 28.9. The van der Waals surface area contributed by atoms with Crippen molar-refractivity contribution in [3.63, 3.8) is 0 Å². The number of carbonyl (C=O) groups excluding carboxylic acids is 2. The van der Waals surface area contributed by atoms with Gasteiger partial charge in [0.15, 0.2) is 0 Å². The topological polar surface area (TPSA) is 86.8 Å². The Morgan fingerprint density at radius 2 is 1.51 bits per heavy atom. The number of carbonyl (C=O) groups is 2. The fraction of sp³-hybridized carbons (Fsp3) is 0.355. The van der Waals surface area contributed by atoms with Crippen LogP contribution in [0.3, 0.4) is 0 Å². The van der Waals surface area contributed by atoms with E-state index in [-0.39, 0.29) is 33.1 Å². The fourth-order valence-electron chi connectivity index (χ4n) is 4.35. The second kappa shape index (κ2) is 14.7. The van der Waals surface area contributed by atoms with E-state index in [9.17, 15) is 18.0 Å². The highest BCUT2D eigenvalue weighted by Crippen LogP contribution is 2.35. The third-order valence-electron chi connectivity index (χ3n) is 6.78. The lowest BCUT2D eigenvalue weighted by Gasteiger charge is -2.33. The summed E-state index contributed by atoms with van der Waals surface area (Å²) in [5, 5.41) is 3.08. The number of nitrogens with one attached hydrogen (secondary N) is 1. The molecule has 0 saturated carbocycles. The maximum absolute atomic E-state index is 14.1. The summed E-state index contributed by atoms with van der Waals surface area (Å²) in [4.78, 5) is 28.8. The van der Waals surface area contributed by atoms with Gasteiger partial charge in [-0.05, 0) is 56.5 Å². The van der Waals surface area contributed by atoms with Gasteiger partial charge in [-0.2, -0.15) is 0 Å². The van der Waals surface area contributed by atoms with Gasteiger partial charge in [-0.3, -0.25) is 13.9 Å². The second-order valence-electron chi connectivity index (χ2n) is 9.97. The molecule has 0 saturated heterocycles. The number of unbranched alkanes of at least 4 members (excludes halogenated alkanes) is 1. The Morgan fingerprint density at radius 3 is 2.10 bits per heavy atom. The van der Waals surface area contributed by atoms with Crippen molar-refractivity contribution < 1.29 is 18.0 Å². The average molecular weight is 619 g/mol. The van der Waals surface area contributed by atoms with Crippen LogP contribution in [0.25, 0.3) is 0 Å². The molecule has 0 aromatic heterocycles. The Morgan fingerprint density at radius 1 is 0.902 bits per heavy atom. The molecule has 3 rings (SSSR count). The van der Waals surface area contributed by atoms with Crippen molar-refractivity contribution in [2.45, 2.75) is 64.4 Å². The Kier molecular flexibility index (Phi) is 11.6. The van der Waals surface area contributed by atoms with Crippen molar-refractivity contribution in [2.75, 3.05) is 17.4 Å². The van der Waals surface area contributed by atoms with E-state index in [1.54, 1.807) is 24.3 Å². The summed E-state index contributed by atoms with van der Waals surface area (Å²) in [6, 6.07) is 17.8. The van der Waals surface area contributed by atoms with Crippen LogP contribution < -0.4 is 9.62 Å². The smallest absolute Gasteiger partial charge is 0.264 e. The highest BCUT2D eigenvalue weighted by Gasteiger charge is 2.34. The van der Waals surface area contributed by atoms with Gasteiger partial charge >= 0.3 is 0 Å². The molecular formula is C31H37Cl2N3O4S. The molecule has 0 fully saturated rings. The first-order chi connectivity index (χ1) is 19.5. The molecule has 3 aromatic rings. The maximum Gasteiger partial charge on any atom is 0.264 e. The van der Waals surface area contributed by atoms with Crippen LogP contribution in [0.4, 0.5) is 5.69 Å². The Labute approximate surface area is 253 Å². The first-order valence-corrected chi connectivity index (χ1v) is 15.8. The van der Waals surface area contributed by atoms with Gasteiger partial charge in [0.05, 0.1) is 20.6 Å². The molecular weight excluding hydrogens is 581 g/mol. The Hall–Kier alpha value is -3.07. The SMILES string of the molecule is CCCCNC(=O)[C@H](CC)N(Cc1ccc(C)cc1)C(=O)CN(c1cccc(Cl)c1Cl)S(=O)(=O)c1ccc(C)cc1. The molecule has 0 bridgehead atoms. The van der Waals surface area contributed by atoms with E-state index in [0.29, 0.717) is 13.0 Å². The zero-order chi connectivity index (χ0) is 30.2. The minimum absolute atomic E-state index is 0.00127. The lowest BCUT2D eigenvalue weighted by atomic mass is 10.1. The molecule has 7 nitrogen and oxygen atoms in total. The van der Waals surface area contributed by atoms with E-state index >= 15 is 0 Å². The Balaban J connectivity index is 2.07. The number of hydrogen-bond donors (Lipinski definition) is 1. The van der Waals surface area contributed by atoms with Gasteiger partial charge in [0.1, 0.15) is 12.6 Å². The number of anilines is 1. The third kappa shape index (κ3) is 8.24. The average Bonchev–Trinajstić information content (AvgIpc) is 2.94. The molecule has 0 heterocycles. The molecule has 1 N–H and O–H groups in total. The van der Waals surface area contributed by atoms with Crippen LogP contribution in [0.1, 0.15) is 49.8 Å². The minimum atomic E-state index is -4.25. The summed E-state index contributed by atoms with van der Waals surface area (Å²) in [5.41, 5.74) is 2.83. The van der Waals surface area contributed by atoms with E-state index in [0.717, 1.165) is 33.8 Å². The number of halogens is 2. The summed E-state index contributed by atoms with van der Waals surface area (Å²) in [6.45, 7) is 7.71. The largest absolute Gasteiger partial charge is 0.354 e. The Bertz CT molecular complexity index is 1450. The van der Waals surface area contributed by atoms with Crippen molar-refractivity contribution in [1.29, 1.82) is 0 Å². The molecule has 0 unspecified atom stereocenters. The standard InChI is InChI=1S/C31H37Cl2N3O4S/c1-5-7-19-34-31(38)27(6-2)35(20-24-15-11-22(3)12-16-24)29(37)21-36(28-10-8-9-26(32)30(28)33)41(39,40)25-17-13-23(4)14-18-25/h8-18,27H,5-7,19-21H2,1-4H3,(H,34,38)/t27-/m0/s1. The van der Waals surface area contributed by atoms with Crippen LogP contribution in [0.2, 0.25) is 10.0 Å². The number of hydrogen-bond acceptors (Lipinski definition) is 4. The van der Waals surface area contributed by atoms with Crippen LogP contribution in [0, 0.1) is 13.8 Å². The summed E-state index contributed by atoms with van der Waals surface area (Å²) in [6.07, 6.45) is 2.07. The fourth-order valence-corrected chi connectivity index (χ4v) is 6.23. The molecule has 0 aliphatic carbocycles. The van der Waals surface area contributed by atoms with Gasteiger partial charge in [0, 0.05) is 13.1 Å². The van der Waals surface area contributed by atoms with Gasteiger partial charge in [-0.1, -0.05) is 97.1 Å². The highest BCUT2D eigenvalue weighted by molar-refractivity contribution is 7.92. The molecule has 10 heteroatoms. The van der Waals surface area contributed by atoms with Crippen LogP contribution in [-0.2, 0) is 26.2 Å². The molecule has 0 aliphatic heterocycles. The van der Waals surface area contributed by atoms with Gasteiger partial charge < -0.3 is 10.2 Å². The predicted molar refractivity (Wildman–Crippen MR) is 166 cm³/mol. The van der Waals surface area contributed by atoms with Crippen molar-refractivity contribution in [2.24, 2.45) is 0 Å². The number of nitrogens with zero attached hydrogens (tertiary/aromatic N) is 2. The molecule has 0 aliphatic rings. The molecule has 0 spiro atoms. The third-order valence-corrected chi connectivity index (χ3v) is 9.36. The number of sulfonamides is 1. The summed E-state index contributed by atoms with van der Waals surface area (Å²) in [7, 11) is -4.25. The van der Waals surface area contributed by atoms with Gasteiger partial charge in [-0.15, -0.1) is 0 Å². The zero-order valence-electron chi connectivity index (χ0n) is 23.9. The molecule has 41 heavy (non-hydrogen) atoms. The van der Waals surface area contributed by atoms with Gasteiger partial charge in [0.2, 0.25) is 11.8 Å². The van der Waals surface area contributed by atoms with E-state index in [1.165, 1.54) is 23.1 Å². The molecule has 3 aromatic carbocycles. The summed E-state index contributed by atoms with van der Waals surface area (Å²) >= 11 is 12.8. The molecule has 220 valence electrons. The van der Waals surface area contributed by atoms with Crippen molar-refractivity contribution in [1.82, 2.24) is 10.2 Å². The monoisotopic (exact) mass is 617 g/mol. The number of benzene rings is 3. The lowest BCUT2D eigenvalue weighted by molar-refractivity contribution is -0.140. The lowest BCUT2D eigenvalue weighted by Crippen LogP contribution is -2.52. The van der Waals surface area contributed by atoms with Crippen LogP contribution in [0.5, 0.6) is 0 Å². The second-order valence-corrected chi connectivity index (χ2v) is 12.6. The van der Waals surface area contributed by atoms with E-state index in [4.69, 9.17) is 23.2 Å². The number of rotatable bonds is 13. The van der Waals surface area contributed by atoms with E-state index < -0.39 is 28.5 Å².